The maximum absolute atomic E-state index is 12.7. The molecule has 31 heavy (non-hydrogen) atoms. The van der Waals surface area contributed by atoms with Crippen molar-refractivity contribution in [2.75, 3.05) is 38.2 Å². The number of pyridine rings is 2. The van der Waals surface area contributed by atoms with Gasteiger partial charge in [-0.15, -0.1) is 0 Å². The van der Waals surface area contributed by atoms with Crippen LogP contribution in [-0.4, -0.2) is 48.6 Å². The Kier molecular flexibility index (Phi) is 7.77. The number of nitrogens with zero attached hydrogens (tertiary/aromatic N) is 2. The Morgan fingerprint density at radius 1 is 1.19 bits per heavy atom. The number of carbonyl (C=O) groups excluding carboxylic acids is 1. The average molecular weight is 463 g/mol. The SMILES string of the molecule is O=C(Cc1cc(-c2nc(NCC3CCOCC3)ccc2Cl)c(Cl)cn1)[C@@H]1CCCNC1. The molecule has 2 fully saturated rings. The number of ether oxygens (including phenoxy) is 1. The monoisotopic (exact) mass is 462 g/mol. The van der Waals surface area contributed by atoms with E-state index in [0.717, 1.165) is 64.3 Å². The van der Waals surface area contributed by atoms with E-state index in [4.69, 9.17) is 32.9 Å². The van der Waals surface area contributed by atoms with Crippen LogP contribution in [0.15, 0.2) is 24.4 Å². The Bertz CT molecular complexity index is 912. The Morgan fingerprint density at radius 3 is 2.81 bits per heavy atom. The van der Waals surface area contributed by atoms with Crippen LogP contribution in [0.1, 0.15) is 31.4 Å². The number of anilines is 1. The van der Waals surface area contributed by atoms with Gasteiger partial charge in [-0.05, 0) is 56.3 Å². The van der Waals surface area contributed by atoms with Crippen molar-refractivity contribution in [2.24, 2.45) is 11.8 Å². The fraction of sp³-hybridized carbons (Fsp3) is 0.522. The van der Waals surface area contributed by atoms with Crippen LogP contribution < -0.4 is 10.6 Å². The van der Waals surface area contributed by atoms with Gasteiger partial charge in [-0.25, -0.2) is 4.98 Å². The van der Waals surface area contributed by atoms with Crippen LogP contribution in [0.2, 0.25) is 10.0 Å². The number of ketones is 1. The molecular formula is C23H28Cl2N4O2. The van der Waals surface area contributed by atoms with Gasteiger partial charge in [0, 0.05) is 56.1 Å². The molecule has 4 rings (SSSR count). The predicted molar refractivity (Wildman–Crippen MR) is 124 cm³/mol. The van der Waals surface area contributed by atoms with Gasteiger partial charge >= 0.3 is 0 Å². The van der Waals surface area contributed by atoms with Crippen LogP contribution >= 0.6 is 23.2 Å². The molecule has 6 nitrogen and oxygen atoms in total. The van der Waals surface area contributed by atoms with Gasteiger partial charge < -0.3 is 15.4 Å². The zero-order chi connectivity index (χ0) is 21.6. The van der Waals surface area contributed by atoms with Crippen molar-refractivity contribution in [3.05, 3.63) is 40.1 Å². The van der Waals surface area contributed by atoms with E-state index in [1.54, 1.807) is 6.20 Å². The molecule has 166 valence electrons. The number of aromatic nitrogens is 2. The second-order valence-corrected chi connectivity index (χ2v) is 9.12. The molecule has 0 radical (unpaired) electrons. The molecule has 8 heteroatoms. The highest BCUT2D eigenvalue weighted by atomic mass is 35.5. The molecule has 2 aliphatic rings. The van der Waals surface area contributed by atoms with Gasteiger partial charge in [-0.1, -0.05) is 23.2 Å². The lowest BCUT2D eigenvalue weighted by Gasteiger charge is -2.22. The first-order chi connectivity index (χ1) is 15.1. The minimum Gasteiger partial charge on any atom is -0.381 e. The summed E-state index contributed by atoms with van der Waals surface area (Å²) in [4.78, 5) is 21.8. The minimum absolute atomic E-state index is 0.0501. The smallest absolute Gasteiger partial charge is 0.143 e. The summed E-state index contributed by atoms with van der Waals surface area (Å²) in [5, 5.41) is 7.69. The summed E-state index contributed by atoms with van der Waals surface area (Å²) in [6.45, 7) is 4.20. The Balaban J connectivity index is 1.49. The van der Waals surface area contributed by atoms with E-state index in [1.807, 2.05) is 18.2 Å². The molecular weight excluding hydrogens is 435 g/mol. The number of piperidine rings is 1. The molecule has 1 atom stereocenters. The van der Waals surface area contributed by atoms with Gasteiger partial charge in [-0.2, -0.15) is 0 Å². The van der Waals surface area contributed by atoms with E-state index in [1.165, 1.54) is 0 Å². The van der Waals surface area contributed by atoms with Gasteiger partial charge in [-0.3, -0.25) is 9.78 Å². The highest BCUT2D eigenvalue weighted by molar-refractivity contribution is 6.36. The van der Waals surface area contributed by atoms with Crippen molar-refractivity contribution in [2.45, 2.75) is 32.1 Å². The van der Waals surface area contributed by atoms with Crippen LogP contribution in [0.25, 0.3) is 11.3 Å². The molecule has 2 aromatic heterocycles. The number of carbonyl (C=O) groups is 1. The van der Waals surface area contributed by atoms with Crippen LogP contribution in [-0.2, 0) is 16.0 Å². The molecule has 0 saturated carbocycles. The minimum atomic E-state index is 0.0501. The van der Waals surface area contributed by atoms with Crippen LogP contribution in [0.4, 0.5) is 5.82 Å². The van der Waals surface area contributed by atoms with Crippen LogP contribution in [0, 0.1) is 11.8 Å². The summed E-state index contributed by atoms with van der Waals surface area (Å²) in [6, 6.07) is 5.54. The summed E-state index contributed by atoms with van der Waals surface area (Å²) in [7, 11) is 0. The summed E-state index contributed by atoms with van der Waals surface area (Å²) >= 11 is 12.9. The highest BCUT2D eigenvalue weighted by Crippen LogP contribution is 2.33. The number of rotatable bonds is 7. The van der Waals surface area contributed by atoms with Gasteiger partial charge in [0.25, 0.3) is 0 Å². The molecule has 0 amide bonds. The largest absolute Gasteiger partial charge is 0.381 e. The normalized spacial score (nSPS) is 19.9. The predicted octanol–water partition coefficient (Wildman–Crippen LogP) is 4.40. The fourth-order valence-electron chi connectivity index (χ4n) is 4.14. The Hall–Kier alpha value is -1.73. The topological polar surface area (TPSA) is 76.1 Å². The number of halogens is 2. The van der Waals surface area contributed by atoms with Crippen molar-refractivity contribution in [1.29, 1.82) is 0 Å². The highest BCUT2D eigenvalue weighted by Gasteiger charge is 2.22. The average Bonchev–Trinajstić information content (AvgIpc) is 2.81. The van der Waals surface area contributed by atoms with E-state index in [2.05, 4.69) is 15.6 Å². The number of hydrogen-bond donors (Lipinski definition) is 2. The third kappa shape index (κ3) is 5.95. The zero-order valence-corrected chi connectivity index (χ0v) is 19.0. The van der Waals surface area contributed by atoms with E-state index < -0.39 is 0 Å². The molecule has 0 bridgehead atoms. The quantitative estimate of drug-likeness (QED) is 0.634. The van der Waals surface area contributed by atoms with Crippen LogP contribution in [0.3, 0.4) is 0 Å². The number of Topliss-reactive ketones (excluding diaryl/α,β-unsaturated/α-hetero) is 1. The first-order valence-electron chi connectivity index (χ1n) is 11.0. The first kappa shape index (κ1) is 22.5. The Labute approximate surface area is 193 Å². The molecule has 4 heterocycles. The lowest BCUT2D eigenvalue weighted by molar-refractivity contribution is -0.122. The second-order valence-electron chi connectivity index (χ2n) is 8.31. The molecule has 2 N–H and O–H groups in total. The first-order valence-corrected chi connectivity index (χ1v) is 11.7. The number of nitrogens with one attached hydrogen (secondary N) is 2. The van der Waals surface area contributed by atoms with E-state index in [9.17, 15) is 4.79 Å². The van der Waals surface area contributed by atoms with Gasteiger partial charge in [0.1, 0.15) is 11.6 Å². The van der Waals surface area contributed by atoms with Crippen molar-refractivity contribution in [1.82, 2.24) is 15.3 Å². The fourth-order valence-corrected chi connectivity index (χ4v) is 4.54. The van der Waals surface area contributed by atoms with Crippen LogP contribution in [0.5, 0.6) is 0 Å². The van der Waals surface area contributed by atoms with Crippen molar-refractivity contribution >= 4 is 34.8 Å². The van der Waals surface area contributed by atoms with Crippen molar-refractivity contribution in [3.63, 3.8) is 0 Å². The standard InChI is InChI=1S/C23H28Cl2N4O2/c24-19-3-4-22(28-12-15-5-8-31-9-6-15)29-23(19)18-10-17(27-14-20(18)25)11-21(30)16-2-1-7-26-13-16/h3-4,10,14-16,26H,1-2,5-9,11-13H2,(H,28,29)/t16-/m1/s1. The van der Waals surface area contributed by atoms with Crippen molar-refractivity contribution < 1.29 is 9.53 Å². The lowest BCUT2D eigenvalue weighted by Crippen LogP contribution is -2.35. The molecule has 0 unspecified atom stereocenters. The van der Waals surface area contributed by atoms with Gasteiger partial charge in [0.05, 0.1) is 15.7 Å². The lowest BCUT2D eigenvalue weighted by atomic mass is 9.92. The second kappa shape index (κ2) is 10.7. The summed E-state index contributed by atoms with van der Waals surface area (Å²) < 4.78 is 5.43. The molecule has 2 aromatic rings. The third-order valence-electron chi connectivity index (χ3n) is 6.03. The molecule has 2 aliphatic heterocycles. The maximum atomic E-state index is 12.7. The summed E-state index contributed by atoms with van der Waals surface area (Å²) in [5.41, 5.74) is 1.98. The summed E-state index contributed by atoms with van der Waals surface area (Å²) in [5.74, 6) is 1.59. The summed E-state index contributed by atoms with van der Waals surface area (Å²) in [6.07, 6.45) is 5.94. The zero-order valence-electron chi connectivity index (χ0n) is 17.5. The van der Waals surface area contributed by atoms with E-state index in [-0.39, 0.29) is 18.1 Å². The molecule has 0 spiro atoms. The molecule has 2 saturated heterocycles. The van der Waals surface area contributed by atoms with E-state index in [0.29, 0.717) is 32.9 Å². The van der Waals surface area contributed by atoms with Gasteiger partial charge in [0.2, 0.25) is 0 Å². The van der Waals surface area contributed by atoms with Crippen molar-refractivity contribution in [3.8, 4) is 11.3 Å². The number of hydrogen-bond acceptors (Lipinski definition) is 6. The van der Waals surface area contributed by atoms with E-state index >= 15 is 0 Å². The van der Waals surface area contributed by atoms with Gasteiger partial charge in [0.15, 0.2) is 0 Å². The molecule has 0 aliphatic carbocycles. The third-order valence-corrected chi connectivity index (χ3v) is 6.64. The molecule has 0 aromatic carbocycles. The maximum Gasteiger partial charge on any atom is 0.143 e. The Morgan fingerprint density at radius 2 is 2.03 bits per heavy atom.